The Labute approximate surface area is 196 Å². The van der Waals surface area contributed by atoms with E-state index in [1.807, 2.05) is 16.7 Å². The van der Waals surface area contributed by atoms with Gasteiger partial charge in [0.25, 0.3) is 0 Å². The molecule has 2 amide bonds. The zero-order valence-electron chi connectivity index (χ0n) is 18.2. The third kappa shape index (κ3) is 4.93. The summed E-state index contributed by atoms with van der Waals surface area (Å²) in [5.41, 5.74) is 3.34. The second-order valence-electron chi connectivity index (χ2n) is 8.10. The zero-order chi connectivity index (χ0) is 23.3. The molecule has 1 fully saturated rings. The Morgan fingerprint density at radius 3 is 2.59 bits per heavy atom. The number of halogens is 1. The Hall–Kier alpha value is -2.54. The quantitative estimate of drug-likeness (QED) is 0.658. The van der Waals surface area contributed by atoms with Crippen molar-refractivity contribution in [3.8, 4) is 0 Å². The van der Waals surface area contributed by atoms with E-state index in [1.165, 1.54) is 22.5 Å². The number of anilines is 1. The lowest BCUT2D eigenvalue weighted by atomic mass is 9.81. The van der Waals surface area contributed by atoms with Gasteiger partial charge in [-0.05, 0) is 30.0 Å². The number of nitrogens with zero attached hydrogens (tertiary/aromatic N) is 3. The van der Waals surface area contributed by atoms with Gasteiger partial charge in [-0.1, -0.05) is 44.0 Å². The molecule has 170 valence electrons. The fraction of sp³-hybridized carbons (Fsp3) is 0.478. The SMILES string of the molecule is CCCc1ccc2c(c1)C1(CCN(C(=O)CC)C1)CN2C(=O)Cc1ncc(Cl)s1.O=C=O. The van der Waals surface area contributed by atoms with Gasteiger partial charge < -0.3 is 9.80 Å². The molecule has 2 aliphatic rings. The molecule has 1 unspecified atom stereocenters. The fourth-order valence-electron chi connectivity index (χ4n) is 4.64. The number of thiazole rings is 1. The van der Waals surface area contributed by atoms with Gasteiger partial charge in [-0.3, -0.25) is 9.59 Å². The van der Waals surface area contributed by atoms with Crippen LogP contribution in [0.2, 0.25) is 4.34 Å². The summed E-state index contributed by atoms with van der Waals surface area (Å²) in [6.07, 6.45) is 5.62. The average molecular weight is 476 g/mol. The highest BCUT2D eigenvalue weighted by molar-refractivity contribution is 7.15. The zero-order valence-corrected chi connectivity index (χ0v) is 19.8. The first-order valence-electron chi connectivity index (χ1n) is 10.7. The highest BCUT2D eigenvalue weighted by Gasteiger charge is 2.49. The van der Waals surface area contributed by atoms with Gasteiger partial charge in [-0.15, -0.1) is 11.3 Å². The van der Waals surface area contributed by atoms with Crippen LogP contribution in [0, 0.1) is 0 Å². The summed E-state index contributed by atoms with van der Waals surface area (Å²) in [4.78, 5) is 49.9. The summed E-state index contributed by atoms with van der Waals surface area (Å²) in [7, 11) is 0. The van der Waals surface area contributed by atoms with Crippen molar-refractivity contribution in [3.63, 3.8) is 0 Å². The average Bonchev–Trinajstić information content (AvgIpc) is 3.47. The van der Waals surface area contributed by atoms with E-state index in [0.717, 1.165) is 36.5 Å². The summed E-state index contributed by atoms with van der Waals surface area (Å²) in [5.74, 6) is 0.230. The maximum absolute atomic E-state index is 13.2. The van der Waals surface area contributed by atoms with Crippen molar-refractivity contribution in [1.82, 2.24) is 9.88 Å². The van der Waals surface area contributed by atoms with Crippen LogP contribution in [0.4, 0.5) is 5.69 Å². The molecule has 32 heavy (non-hydrogen) atoms. The van der Waals surface area contributed by atoms with Gasteiger partial charge in [0.1, 0.15) is 9.34 Å². The standard InChI is InChI=1S/C22H26ClN3O2S.CO2/c1-3-5-15-6-7-17-16(10-15)22(8-9-25(13-22)20(27)4-2)14-26(17)21(28)11-19-24-12-18(23)29-19;2-1-3/h6-7,10,12H,3-5,8-9,11,13-14H2,1-2H3;. The van der Waals surface area contributed by atoms with Crippen molar-refractivity contribution in [3.05, 3.63) is 44.9 Å². The molecule has 0 saturated carbocycles. The molecule has 9 heteroatoms. The Morgan fingerprint density at radius 2 is 1.97 bits per heavy atom. The topological polar surface area (TPSA) is 87.7 Å². The number of fused-ring (bicyclic) bond motifs is 2. The number of carbonyl (C=O) groups is 2. The minimum absolute atomic E-state index is 0.0395. The number of rotatable bonds is 5. The molecule has 1 aromatic carbocycles. The van der Waals surface area contributed by atoms with Crippen molar-refractivity contribution in [2.45, 2.75) is 51.4 Å². The molecule has 4 rings (SSSR count). The maximum Gasteiger partial charge on any atom is 0.373 e. The molecule has 2 aromatic rings. The van der Waals surface area contributed by atoms with E-state index in [1.54, 1.807) is 6.20 Å². The number of likely N-dealkylation sites (tertiary alicyclic amines) is 1. The van der Waals surface area contributed by atoms with Gasteiger partial charge in [-0.25, -0.2) is 4.98 Å². The lowest BCUT2D eigenvalue weighted by molar-refractivity contribution is -0.191. The van der Waals surface area contributed by atoms with Gasteiger partial charge in [-0.2, -0.15) is 9.59 Å². The van der Waals surface area contributed by atoms with E-state index in [-0.39, 0.29) is 29.8 Å². The normalized spacial score (nSPS) is 18.8. The Morgan fingerprint density at radius 1 is 1.22 bits per heavy atom. The predicted octanol–water partition coefficient (Wildman–Crippen LogP) is 3.63. The summed E-state index contributed by atoms with van der Waals surface area (Å²) in [6, 6.07) is 6.49. The molecule has 0 N–H and O–H groups in total. The highest BCUT2D eigenvalue weighted by Crippen LogP contribution is 2.47. The third-order valence-electron chi connectivity index (χ3n) is 6.06. The second-order valence-corrected chi connectivity index (χ2v) is 9.85. The van der Waals surface area contributed by atoms with Crippen LogP contribution in [-0.2, 0) is 37.4 Å². The predicted molar refractivity (Wildman–Crippen MR) is 122 cm³/mol. The molecule has 1 spiro atoms. The number of aromatic nitrogens is 1. The lowest BCUT2D eigenvalue weighted by Crippen LogP contribution is -2.40. The van der Waals surface area contributed by atoms with Gasteiger partial charge in [0, 0.05) is 37.2 Å². The van der Waals surface area contributed by atoms with Crippen LogP contribution >= 0.6 is 22.9 Å². The van der Waals surface area contributed by atoms with E-state index in [0.29, 0.717) is 23.8 Å². The van der Waals surface area contributed by atoms with Gasteiger partial charge >= 0.3 is 6.15 Å². The molecule has 7 nitrogen and oxygen atoms in total. The number of carbonyl (C=O) groups excluding carboxylic acids is 4. The number of amides is 2. The Kier molecular flexibility index (Phi) is 7.82. The van der Waals surface area contributed by atoms with Gasteiger partial charge in [0.2, 0.25) is 11.8 Å². The highest BCUT2D eigenvalue weighted by atomic mass is 35.5. The minimum atomic E-state index is -0.167. The fourth-order valence-corrected chi connectivity index (χ4v) is 5.58. The molecule has 1 aromatic heterocycles. The minimum Gasteiger partial charge on any atom is -0.342 e. The monoisotopic (exact) mass is 475 g/mol. The molecule has 0 radical (unpaired) electrons. The van der Waals surface area contributed by atoms with E-state index < -0.39 is 0 Å². The molecule has 1 atom stereocenters. The van der Waals surface area contributed by atoms with Crippen molar-refractivity contribution < 1.29 is 19.2 Å². The van der Waals surface area contributed by atoms with Gasteiger partial charge in [0.05, 0.1) is 12.6 Å². The van der Waals surface area contributed by atoms with Crippen LogP contribution in [0.3, 0.4) is 0 Å². The van der Waals surface area contributed by atoms with Crippen molar-refractivity contribution in [1.29, 1.82) is 0 Å². The molecule has 1 saturated heterocycles. The largest absolute Gasteiger partial charge is 0.373 e. The lowest BCUT2D eigenvalue weighted by Gasteiger charge is -2.26. The first-order chi connectivity index (χ1) is 15.4. The smallest absolute Gasteiger partial charge is 0.342 e. The molecular formula is C23H26ClN3O4S. The van der Waals surface area contributed by atoms with Crippen molar-refractivity contribution >= 4 is 46.6 Å². The van der Waals surface area contributed by atoms with Crippen molar-refractivity contribution in [2.75, 3.05) is 24.5 Å². The number of hydrogen-bond donors (Lipinski definition) is 0. The van der Waals surface area contributed by atoms with Gasteiger partial charge in [0.15, 0.2) is 0 Å². The van der Waals surface area contributed by atoms with E-state index in [4.69, 9.17) is 21.2 Å². The summed E-state index contributed by atoms with van der Waals surface area (Å²) in [5, 5.41) is 0.735. The molecule has 3 heterocycles. The molecule has 0 bridgehead atoms. The first kappa shape index (κ1) is 24.1. The van der Waals surface area contributed by atoms with E-state index >= 15 is 0 Å². The van der Waals surface area contributed by atoms with Crippen LogP contribution in [-0.4, -0.2) is 47.5 Å². The molecular weight excluding hydrogens is 450 g/mol. The number of hydrogen-bond acceptors (Lipinski definition) is 6. The van der Waals surface area contributed by atoms with E-state index in [9.17, 15) is 9.59 Å². The van der Waals surface area contributed by atoms with Crippen molar-refractivity contribution in [2.24, 2.45) is 0 Å². The molecule has 2 aliphatic heterocycles. The third-order valence-corrected chi connectivity index (χ3v) is 7.18. The Balaban J connectivity index is 0.000000913. The summed E-state index contributed by atoms with van der Waals surface area (Å²) in [6.45, 7) is 6.16. The maximum atomic E-state index is 13.2. The van der Waals surface area contributed by atoms with Crippen LogP contribution in [0.15, 0.2) is 24.4 Å². The van der Waals surface area contributed by atoms with Crippen LogP contribution < -0.4 is 4.90 Å². The van der Waals surface area contributed by atoms with Crippen LogP contribution in [0.5, 0.6) is 0 Å². The Bertz CT molecular complexity index is 1030. The van der Waals surface area contributed by atoms with Crippen LogP contribution in [0.25, 0.3) is 0 Å². The second kappa shape index (κ2) is 10.4. The first-order valence-corrected chi connectivity index (χ1v) is 11.9. The molecule has 0 aliphatic carbocycles. The number of aryl methyl sites for hydroxylation is 1. The number of benzene rings is 1. The summed E-state index contributed by atoms with van der Waals surface area (Å²) >= 11 is 7.33. The van der Waals surface area contributed by atoms with Crippen LogP contribution in [0.1, 0.15) is 49.2 Å². The summed E-state index contributed by atoms with van der Waals surface area (Å²) < 4.78 is 0.597. The van der Waals surface area contributed by atoms with E-state index in [2.05, 4.69) is 30.1 Å².